The highest BCUT2D eigenvalue weighted by molar-refractivity contribution is 9.10. The number of rotatable bonds is 38. The second kappa shape index (κ2) is 52.3. The first-order chi connectivity index (χ1) is 66.7. The molecule has 17 rings (SSSR count). The summed E-state index contributed by atoms with van der Waals surface area (Å²) in [5, 5.41) is 24.6. The van der Waals surface area contributed by atoms with E-state index in [0.717, 1.165) is 144 Å². The molecule has 3 saturated carbocycles. The third-order valence-electron chi connectivity index (χ3n) is 25.9. The summed E-state index contributed by atoms with van der Waals surface area (Å²) in [7, 11) is 5.07. The predicted octanol–water partition coefficient (Wildman–Crippen LogP) is 23.0. The van der Waals surface area contributed by atoms with Gasteiger partial charge in [-0.2, -0.15) is 26.3 Å². The fourth-order valence-electron chi connectivity index (χ4n) is 17.7. The number of nitrogens with one attached hydrogen (secondary N) is 3. The Hall–Kier alpha value is -10.2. The number of carbonyl (C=O) groups excluding carboxylic acids is 2. The Bertz CT molecular complexity index is 5470. The first kappa shape index (κ1) is 105. The maximum atomic E-state index is 13.0. The van der Waals surface area contributed by atoms with Gasteiger partial charge in [-0.15, -0.1) is 0 Å². The van der Waals surface area contributed by atoms with Gasteiger partial charge >= 0.3 is 18.3 Å². The summed E-state index contributed by atoms with van der Waals surface area (Å²) in [6, 6.07) is 55.4. The van der Waals surface area contributed by atoms with Crippen molar-refractivity contribution in [3.8, 4) is 28.7 Å². The molecule has 6 fully saturated rings. The standard InChI is InChI=1S/C23H28N2O6.C22H27BrN2O2.C21H25ClN2O3.C20H22BrN3O.C20H26F6N2/c1-16(23(26)30-3)13-24(19-9-10-19)14-18-6-11-21(22(12-18)29-2)31-15-17-4-7-20(8-5-17)25(27)28;1-2-26-12-13-27-22-9-8-20(23)15-19(22)17-24-16-18-6-5-7-21(14-18)25-10-3-4-11-25;22-17-4-5-20(27-13-15-2-1-3-15)19(12-17)23-18-6-9-24(10-7-18)21(25)16-8-11-26-14-16;1-24-10-8-23-20(24)19(14-2-3-14)22-9-11-25-18-7-5-15-12-17(21)6-4-16(15)13-18;21-19(22,23)17-7-3-9-27(13-17)11-15-5-1-2-6-16(15)12-28-10-4-8-18(14-28)20(24,25)26/h4-8,11-12,16,19H,9-10,13-15H2,1-3H3;3-9,14-15,24H,2,10-13,16-17H2,1H3;4-5,8,11-12,14-15,18,23H,1-3,6-7,9-10,13H2;4-8,10,12-14,19,22H,2-3,9,11H2,1H3;1-2,5-6,17-18H,3-4,7-14H2. The van der Waals surface area contributed by atoms with Crippen molar-refractivity contribution in [3.63, 3.8) is 0 Å². The van der Waals surface area contributed by atoms with Crippen molar-refractivity contribution in [1.29, 1.82) is 0 Å². The Morgan fingerprint density at radius 1 is 0.652 bits per heavy atom. The highest BCUT2D eigenvalue weighted by atomic mass is 79.9. The molecule has 7 aliphatic rings. The van der Waals surface area contributed by atoms with Crippen molar-refractivity contribution in [2.45, 2.75) is 167 Å². The molecule has 4 aliphatic heterocycles. The summed E-state index contributed by atoms with van der Waals surface area (Å²) in [5.74, 6) is 3.48. The molecule has 3 aliphatic carbocycles. The number of amides is 1. The van der Waals surface area contributed by atoms with Crippen molar-refractivity contribution < 1.29 is 78.4 Å². The molecule has 4 unspecified atom stereocenters. The number of nitro groups is 1. The van der Waals surface area contributed by atoms with Crippen LogP contribution < -0.4 is 44.5 Å². The van der Waals surface area contributed by atoms with E-state index in [2.05, 4.69) is 147 Å². The lowest BCUT2D eigenvalue weighted by Crippen LogP contribution is -2.42. The minimum Gasteiger partial charge on any atom is -0.493 e. The predicted molar refractivity (Wildman–Crippen MR) is 533 cm³/mol. The second-order valence-electron chi connectivity index (χ2n) is 36.4. The maximum absolute atomic E-state index is 13.0. The molecule has 0 radical (unpaired) electrons. The number of aryl methyl sites for hydroxylation is 1. The molecule has 3 saturated heterocycles. The van der Waals surface area contributed by atoms with E-state index in [0.29, 0.717) is 131 Å². The number of methoxy groups -OCH3 is 2. The molecule has 4 atom stereocenters. The molecule has 23 nitrogen and oxygen atoms in total. The van der Waals surface area contributed by atoms with Crippen LogP contribution in [0.15, 0.2) is 220 Å². The quantitative estimate of drug-likeness (QED) is 0.00816. The molecule has 6 heterocycles. The molecule has 10 aromatic rings. The molecule has 32 heteroatoms. The minimum absolute atomic E-state index is 0.0162. The van der Waals surface area contributed by atoms with Crippen LogP contribution in [0.2, 0.25) is 5.02 Å². The second-order valence-corrected chi connectivity index (χ2v) is 38.6. The van der Waals surface area contributed by atoms with Crippen LogP contribution in [-0.2, 0) is 60.6 Å². The van der Waals surface area contributed by atoms with Gasteiger partial charge in [-0.1, -0.05) is 124 Å². The van der Waals surface area contributed by atoms with Crippen molar-refractivity contribution >= 4 is 83.2 Å². The highest BCUT2D eigenvalue weighted by Gasteiger charge is 2.44. The molecular weight excluding hydrogens is 1930 g/mol. The third-order valence-corrected chi connectivity index (χ3v) is 27.1. The van der Waals surface area contributed by atoms with Gasteiger partial charge in [0.2, 0.25) is 0 Å². The van der Waals surface area contributed by atoms with Gasteiger partial charge < -0.3 is 67.9 Å². The van der Waals surface area contributed by atoms with Gasteiger partial charge in [0.15, 0.2) is 11.5 Å². The number of anilines is 2. The zero-order valence-electron chi connectivity index (χ0n) is 79.2. The fraction of sp³-hybridized carbons (Fsp3) is 0.462. The Balaban J connectivity index is 0.000000146. The minimum atomic E-state index is -4.18. The first-order valence-corrected chi connectivity index (χ1v) is 49.9. The van der Waals surface area contributed by atoms with Crippen LogP contribution in [0.3, 0.4) is 0 Å². The Morgan fingerprint density at radius 2 is 1.33 bits per heavy atom. The van der Waals surface area contributed by atoms with Gasteiger partial charge in [0.25, 0.3) is 11.6 Å². The number of furan rings is 1. The number of imidazole rings is 1. The average Bonchev–Trinajstić information content (AvgIpc) is 1.48. The molecule has 3 N–H and O–H groups in total. The molecule has 8 aromatic carbocycles. The number of hydrogen-bond donors (Lipinski definition) is 3. The Labute approximate surface area is 827 Å². The summed E-state index contributed by atoms with van der Waals surface area (Å²) < 4.78 is 127. The SMILES string of the molecule is CCOCCOc1ccc(Br)cc1CNCc1cccc(N2CC=CC2)c1.COC(=O)C(C)CN(Cc1ccc(OCc2ccc([N+](=O)[O-])cc2)c(OC)c1)C1CC1.Cn1ccnc1C(NCCOc1ccc2cc(Br)ccc2c1)C1CC1.FC(F)(F)C1CCCN(Cc2ccccc2CN2CCCC(C(F)(F)F)C2)C1.O=C(c1ccoc1)N1CCC(Nc2cc(Cl)ccc2OCC2CCC2)CC1. The number of nitro benzene ring substituents is 1. The number of carbonyl (C=O) groups is 2. The smallest absolute Gasteiger partial charge is 0.393 e. The largest absolute Gasteiger partial charge is 0.493 e. The number of ether oxygens (including phenoxy) is 7. The molecule has 2 aromatic heterocycles. The van der Waals surface area contributed by atoms with Crippen LogP contribution in [-0.4, -0.2) is 183 Å². The van der Waals surface area contributed by atoms with Crippen molar-refractivity contribution in [3.05, 3.63) is 276 Å². The number of esters is 1. The molecular formula is C106H128Br2ClF6N11O12. The van der Waals surface area contributed by atoms with Crippen molar-refractivity contribution in [2.24, 2.45) is 36.6 Å². The fourth-order valence-corrected chi connectivity index (χ4v) is 18.6. The van der Waals surface area contributed by atoms with Crippen LogP contribution in [0.5, 0.6) is 28.7 Å². The van der Waals surface area contributed by atoms with E-state index in [9.17, 15) is 46.0 Å². The lowest BCUT2D eigenvalue weighted by molar-refractivity contribution is -0.384. The van der Waals surface area contributed by atoms with Gasteiger partial charge in [-0.25, -0.2) is 4.98 Å². The molecule has 138 heavy (non-hydrogen) atoms. The van der Waals surface area contributed by atoms with Crippen molar-refractivity contribution in [1.82, 2.24) is 39.8 Å². The van der Waals surface area contributed by atoms with Gasteiger partial charge in [0, 0.05) is 161 Å². The molecule has 0 bridgehead atoms. The van der Waals surface area contributed by atoms with E-state index in [1.807, 2.05) is 120 Å². The number of alkyl halides is 6. The van der Waals surface area contributed by atoms with E-state index in [-0.39, 0.29) is 56.0 Å². The van der Waals surface area contributed by atoms with Gasteiger partial charge in [0.05, 0.1) is 73.7 Å². The van der Waals surface area contributed by atoms with E-state index < -0.39 is 29.1 Å². The average molecular weight is 2060 g/mol. The zero-order valence-corrected chi connectivity index (χ0v) is 83.1. The maximum Gasteiger partial charge on any atom is 0.393 e. The van der Waals surface area contributed by atoms with Crippen LogP contribution in [0.4, 0.5) is 43.4 Å². The Kier molecular flexibility index (Phi) is 39.9. The summed E-state index contributed by atoms with van der Waals surface area (Å²) in [4.78, 5) is 49.3. The lowest BCUT2D eigenvalue weighted by atomic mass is 9.86. The van der Waals surface area contributed by atoms with Gasteiger partial charge in [0.1, 0.15) is 49.2 Å². The third kappa shape index (κ3) is 32.7. The highest BCUT2D eigenvalue weighted by Crippen LogP contribution is 2.42. The number of fused-ring (bicyclic) bond motifs is 1. The summed E-state index contributed by atoms with van der Waals surface area (Å²) in [6.07, 6.45) is 14.8. The van der Waals surface area contributed by atoms with Crippen LogP contribution in [0.1, 0.15) is 153 Å². The van der Waals surface area contributed by atoms with Crippen molar-refractivity contribution in [2.75, 3.05) is 123 Å². The number of halogens is 9. The first-order valence-electron chi connectivity index (χ1n) is 47.9. The monoisotopic (exact) mass is 2050 g/mol. The summed E-state index contributed by atoms with van der Waals surface area (Å²) >= 11 is 13.3. The summed E-state index contributed by atoms with van der Waals surface area (Å²) in [6.45, 7) is 16.6. The number of hydrogen-bond acceptors (Lipinski definition) is 20. The number of non-ortho nitro benzene ring substituents is 1. The molecule has 0 spiro atoms. The topological polar surface area (TPSA) is 225 Å². The number of nitrogens with zero attached hydrogens (tertiary/aromatic N) is 8. The Morgan fingerprint density at radius 3 is 1.96 bits per heavy atom. The van der Waals surface area contributed by atoms with E-state index in [4.69, 9.17) is 49.2 Å². The van der Waals surface area contributed by atoms with E-state index in [1.54, 1.807) is 25.3 Å². The van der Waals surface area contributed by atoms with Gasteiger partial charge in [-0.05, 0) is 251 Å². The van der Waals surface area contributed by atoms with Crippen LogP contribution in [0, 0.1) is 39.7 Å². The number of aromatic nitrogens is 2. The molecule has 742 valence electrons. The number of benzene rings is 8. The number of likely N-dealkylation sites (tertiary alicyclic amines) is 3. The zero-order chi connectivity index (χ0) is 97.5. The van der Waals surface area contributed by atoms with Gasteiger partial charge in [-0.3, -0.25) is 34.4 Å². The van der Waals surface area contributed by atoms with Crippen LogP contribution >= 0.6 is 43.5 Å². The van der Waals surface area contributed by atoms with E-state index in [1.165, 1.54) is 85.9 Å². The van der Waals surface area contributed by atoms with E-state index >= 15 is 0 Å². The molecule has 1 amide bonds. The summed E-state index contributed by atoms with van der Waals surface area (Å²) in [5.41, 5.74) is 9.02. The number of piperidine rings is 3. The van der Waals surface area contributed by atoms with Crippen LogP contribution in [0.25, 0.3) is 10.8 Å². The lowest BCUT2D eigenvalue weighted by Gasteiger charge is -2.35. The normalized spacial score (nSPS) is 17.4.